The quantitative estimate of drug-likeness (QED) is 0.0732. The Bertz CT molecular complexity index is 2920. The van der Waals surface area contributed by atoms with Crippen molar-refractivity contribution < 1.29 is 37.5 Å². The normalized spacial score (nSPS) is 25.9. The number of hydrogen-bond donors (Lipinski definition) is 4. The largest absolute Gasteiger partial charge is 0.472 e. The first-order valence-electron chi connectivity index (χ1n) is 25.3. The first-order chi connectivity index (χ1) is 34.2. The van der Waals surface area contributed by atoms with Gasteiger partial charge in [0.2, 0.25) is 5.88 Å². The molecule has 71 heavy (non-hydrogen) atoms. The maximum absolute atomic E-state index is 14.7. The fraction of sp³-hybridized carbons (Fsp3) is 0.509. The molecule has 6 aliphatic rings. The maximum atomic E-state index is 14.7. The molecule has 376 valence electrons. The van der Waals surface area contributed by atoms with Crippen LogP contribution in [-0.4, -0.2) is 116 Å². The summed E-state index contributed by atoms with van der Waals surface area (Å²) in [6.45, 7) is 9.85. The van der Waals surface area contributed by atoms with Crippen molar-refractivity contribution in [2.75, 3.05) is 74.3 Å². The summed E-state index contributed by atoms with van der Waals surface area (Å²) in [6, 6.07) is 22.5. The summed E-state index contributed by atoms with van der Waals surface area (Å²) in [6.07, 6.45) is 9.41. The maximum Gasteiger partial charge on any atom is 0.293 e. The number of rotatable bonds is 11. The summed E-state index contributed by atoms with van der Waals surface area (Å²) in [5.41, 5.74) is 4.74. The second kappa shape index (κ2) is 19.0. The van der Waals surface area contributed by atoms with Crippen LogP contribution in [0.4, 0.5) is 28.4 Å². The van der Waals surface area contributed by atoms with Gasteiger partial charge in [0.1, 0.15) is 23.1 Å². The van der Waals surface area contributed by atoms with Crippen molar-refractivity contribution in [1.29, 1.82) is 0 Å². The lowest BCUT2D eigenvalue weighted by Crippen LogP contribution is -2.57. The molecule has 2 saturated carbocycles. The number of sulfonamides is 1. The number of nitrogens with one attached hydrogen (secondary N) is 3. The lowest BCUT2D eigenvalue weighted by Gasteiger charge is -2.57. The van der Waals surface area contributed by atoms with Gasteiger partial charge in [0.25, 0.3) is 21.6 Å². The van der Waals surface area contributed by atoms with Crippen LogP contribution in [0.2, 0.25) is 0 Å². The van der Waals surface area contributed by atoms with E-state index in [4.69, 9.17) is 19.2 Å². The van der Waals surface area contributed by atoms with Gasteiger partial charge in [-0.2, -0.15) is 4.98 Å². The number of amides is 1. The minimum absolute atomic E-state index is 0.0986. The van der Waals surface area contributed by atoms with Crippen molar-refractivity contribution in [2.24, 2.45) is 17.3 Å². The van der Waals surface area contributed by atoms with Crippen LogP contribution < -0.4 is 24.6 Å². The number of morpholine rings is 1. The highest BCUT2D eigenvalue weighted by molar-refractivity contribution is 7.90. The van der Waals surface area contributed by atoms with Crippen LogP contribution in [0.5, 0.6) is 5.88 Å². The van der Waals surface area contributed by atoms with E-state index in [0.717, 1.165) is 81.9 Å². The van der Waals surface area contributed by atoms with Crippen molar-refractivity contribution in [3.63, 3.8) is 0 Å². The molecular weight excluding hydrogens is 925 g/mol. The Balaban J connectivity index is 0.869. The molecule has 18 heteroatoms. The molecule has 3 atom stereocenters. The Labute approximate surface area is 414 Å². The number of ether oxygens (including phenoxy) is 3. The number of benzene rings is 3. The number of nitro benzene ring substituents is 1. The Hall–Kier alpha value is -5.79. The minimum Gasteiger partial charge on any atom is -0.472 e. The van der Waals surface area contributed by atoms with Gasteiger partial charge >= 0.3 is 0 Å². The van der Waals surface area contributed by atoms with Crippen molar-refractivity contribution in [3.8, 4) is 5.88 Å². The van der Waals surface area contributed by atoms with Gasteiger partial charge < -0.3 is 39.4 Å². The summed E-state index contributed by atoms with van der Waals surface area (Å²) in [5, 5.41) is 26.7. The van der Waals surface area contributed by atoms with E-state index in [2.05, 4.69) is 56.0 Å². The van der Waals surface area contributed by atoms with Crippen LogP contribution in [0, 0.1) is 34.3 Å². The Morgan fingerprint density at radius 3 is 2.52 bits per heavy atom. The number of aromatic amines is 1. The Kier molecular flexibility index (Phi) is 12.7. The van der Waals surface area contributed by atoms with E-state index in [9.17, 15) is 28.4 Å². The third-order valence-electron chi connectivity index (χ3n) is 16.6. The van der Waals surface area contributed by atoms with E-state index < -0.39 is 37.0 Å². The van der Waals surface area contributed by atoms with Crippen molar-refractivity contribution in [1.82, 2.24) is 19.6 Å². The number of aliphatic hydroxyl groups is 1. The van der Waals surface area contributed by atoms with Crippen LogP contribution in [0.15, 0.2) is 83.9 Å². The van der Waals surface area contributed by atoms with Gasteiger partial charge in [-0.1, -0.05) is 24.3 Å². The molecule has 17 nitrogen and oxygen atoms in total. The molecule has 5 fully saturated rings. The number of anilines is 4. The first-order valence-corrected chi connectivity index (χ1v) is 26.8. The topological polar surface area (TPSA) is 205 Å². The number of aryl methyl sites for hydroxylation is 1. The second-order valence-corrected chi connectivity index (χ2v) is 22.9. The van der Waals surface area contributed by atoms with Crippen LogP contribution in [0.3, 0.4) is 0 Å². The van der Waals surface area contributed by atoms with E-state index in [1.807, 2.05) is 42.3 Å². The fourth-order valence-electron chi connectivity index (χ4n) is 12.3. The molecule has 0 bridgehead atoms. The zero-order valence-electron chi connectivity index (χ0n) is 40.5. The second-order valence-electron chi connectivity index (χ2n) is 21.2. The van der Waals surface area contributed by atoms with E-state index in [-0.39, 0.29) is 40.6 Å². The SMILES string of the molecule is Cc1ccccc1[C@@H]1COCCN1C1CC2(CCN(c3ccc(C(=O)NS(=O)(=O)c4ccc(NCC5CCC(C)(O)CC5)c([N+](=O)[O-])c4)c(N4C[C@H]5COCC[C@@H]5Oc5nc6[nH]ccc6cc54)c3)CC2)C1. The molecule has 0 unspecified atom stereocenters. The molecule has 3 aromatic carbocycles. The number of carbonyl (C=O) groups is 1. The fourth-order valence-corrected chi connectivity index (χ4v) is 13.2. The predicted molar refractivity (Wildman–Crippen MR) is 270 cm³/mol. The molecule has 1 spiro atoms. The van der Waals surface area contributed by atoms with Crippen molar-refractivity contribution in [3.05, 3.63) is 106 Å². The standard InChI is InChI=1S/C53H64N8O9S/c1-34-5-3-4-6-41(34)47-33-69-24-22-59(47)39-28-53(29-39)17-20-58(21-18-53)38-7-9-42(44(26-38)60-31-37-32-68-23-14-48(37)70-51-46(60)25-36-13-19-54-49(36)56-51)50(62)57-71(66,67)40-8-10-43(45(27-40)61(64)65)55-30-35-11-15-52(2,63)16-12-35/h3-10,13,19,25-27,35,37,39,47-48,55,63H,11-12,14-18,20-24,28-33H2,1-2H3,(H,54,56)(H,57,62)/t35?,37-,47-,48-,52?/m0/s1. The number of H-pyrrole nitrogens is 1. The number of piperidine rings is 1. The molecular formula is C53H64N8O9S. The van der Waals surface area contributed by atoms with E-state index in [0.29, 0.717) is 81.1 Å². The Morgan fingerprint density at radius 2 is 1.73 bits per heavy atom. The van der Waals surface area contributed by atoms with Gasteiger partial charge in [-0.05, 0) is 130 Å². The molecule has 11 rings (SSSR count). The van der Waals surface area contributed by atoms with Crippen molar-refractivity contribution in [2.45, 2.75) is 100 Å². The molecule has 3 saturated heterocycles. The smallest absolute Gasteiger partial charge is 0.293 e. The van der Waals surface area contributed by atoms with Gasteiger partial charge in [0.05, 0.1) is 59.1 Å². The molecule has 5 aromatic rings. The van der Waals surface area contributed by atoms with Gasteiger partial charge in [0, 0.05) is 74.4 Å². The molecule has 6 heterocycles. The van der Waals surface area contributed by atoms with Crippen LogP contribution in [-0.2, 0) is 19.5 Å². The monoisotopic (exact) mass is 988 g/mol. The first kappa shape index (κ1) is 47.5. The molecule has 4 N–H and O–H groups in total. The number of aromatic nitrogens is 2. The van der Waals surface area contributed by atoms with Gasteiger partial charge in [-0.15, -0.1) is 0 Å². The molecule has 0 radical (unpaired) electrons. The third-order valence-corrected chi connectivity index (χ3v) is 17.9. The highest BCUT2D eigenvalue weighted by Gasteiger charge is 2.50. The van der Waals surface area contributed by atoms with E-state index in [1.165, 1.54) is 23.3 Å². The van der Waals surface area contributed by atoms with E-state index >= 15 is 0 Å². The summed E-state index contributed by atoms with van der Waals surface area (Å²) < 4.78 is 49.3. The molecule has 4 aliphatic heterocycles. The Morgan fingerprint density at radius 1 is 0.944 bits per heavy atom. The van der Waals surface area contributed by atoms with Crippen molar-refractivity contribution >= 4 is 55.4 Å². The minimum atomic E-state index is -4.62. The summed E-state index contributed by atoms with van der Waals surface area (Å²) in [5.74, 6) is -0.380. The number of pyridine rings is 1. The number of nitro groups is 1. The van der Waals surface area contributed by atoms with Gasteiger partial charge in [-0.3, -0.25) is 19.8 Å². The third kappa shape index (κ3) is 9.56. The average Bonchev–Trinajstić information content (AvgIpc) is 3.75. The summed E-state index contributed by atoms with van der Waals surface area (Å²) >= 11 is 0. The van der Waals surface area contributed by atoms with Crippen LogP contribution in [0.25, 0.3) is 11.0 Å². The molecule has 2 aromatic heterocycles. The summed E-state index contributed by atoms with van der Waals surface area (Å²) in [7, 11) is -4.62. The van der Waals surface area contributed by atoms with Gasteiger partial charge in [-0.25, -0.2) is 13.1 Å². The highest BCUT2D eigenvalue weighted by Crippen LogP contribution is 2.53. The number of fused-ring (bicyclic) bond motifs is 3. The number of hydrogen-bond acceptors (Lipinski definition) is 14. The summed E-state index contributed by atoms with van der Waals surface area (Å²) in [4.78, 5) is 41.2. The lowest BCUT2D eigenvalue weighted by atomic mass is 9.59. The van der Waals surface area contributed by atoms with Crippen LogP contribution >= 0.6 is 0 Å². The highest BCUT2D eigenvalue weighted by atomic mass is 32.2. The molecule has 1 amide bonds. The predicted octanol–water partition coefficient (Wildman–Crippen LogP) is 8.01. The van der Waals surface area contributed by atoms with Crippen LogP contribution in [0.1, 0.15) is 92.2 Å². The number of carbonyl (C=O) groups excluding carboxylic acids is 1. The van der Waals surface area contributed by atoms with Gasteiger partial charge in [0.15, 0.2) is 0 Å². The number of nitrogens with zero attached hydrogens (tertiary/aromatic N) is 5. The zero-order valence-corrected chi connectivity index (χ0v) is 41.3. The molecule has 2 aliphatic carbocycles. The van der Waals surface area contributed by atoms with E-state index in [1.54, 1.807) is 6.07 Å². The average molecular weight is 989 g/mol. The zero-order chi connectivity index (χ0) is 49.1. The lowest BCUT2D eigenvalue weighted by molar-refractivity contribution is -0.384.